The van der Waals surface area contributed by atoms with E-state index >= 15 is 0 Å². The van der Waals surface area contributed by atoms with Crippen molar-refractivity contribution >= 4 is 10.0 Å². The molecule has 21 heavy (non-hydrogen) atoms. The van der Waals surface area contributed by atoms with Crippen molar-refractivity contribution in [3.63, 3.8) is 0 Å². The molecule has 0 spiro atoms. The summed E-state index contributed by atoms with van der Waals surface area (Å²) in [5.74, 6) is 0.730. The zero-order valence-electron chi connectivity index (χ0n) is 12.6. The maximum atomic E-state index is 12.1. The van der Waals surface area contributed by atoms with Crippen molar-refractivity contribution in [3.05, 3.63) is 35.4 Å². The minimum absolute atomic E-state index is 0.0332. The average molecular weight is 310 g/mol. The van der Waals surface area contributed by atoms with Gasteiger partial charge in [-0.1, -0.05) is 56.4 Å². The van der Waals surface area contributed by atoms with Crippen LogP contribution < -0.4 is 10.5 Å². The minimum Gasteiger partial charge on any atom is -0.326 e. The number of nitrogens with two attached hydrogens (primary N) is 1. The Labute approximate surface area is 128 Å². The van der Waals surface area contributed by atoms with Gasteiger partial charge in [0.25, 0.3) is 0 Å². The van der Waals surface area contributed by atoms with Gasteiger partial charge in [0.05, 0.1) is 5.75 Å². The van der Waals surface area contributed by atoms with Crippen molar-refractivity contribution in [2.24, 2.45) is 11.7 Å². The largest absolute Gasteiger partial charge is 0.326 e. The summed E-state index contributed by atoms with van der Waals surface area (Å²) in [5, 5.41) is 0. The third kappa shape index (κ3) is 5.77. The maximum absolute atomic E-state index is 12.1. The van der Waals surface area contributed by atoms with Gasteiger partial charge >= 0.3 is 0 Å². The van der Waals surface area contributed by atoms with Gasteiger partial charge < -0.3 is 5.73 Å². The van der Waals surface area contributed by atoms with Gasteiger partial charge in [-0.15, -0.1) is 0 Å². The Hall–Kier alpha value is -0.910. The Balaban J connectivity index is 1.80. The fraction of sp³-hybridized carbons (Fsp3) is 0.625. The zero-order chi connectivity index (χ0) is 15.1. The van der Waals surface area contributed by atoms with E-state index in [1.54, 1.807) is 0 Å². The molecule has 0 aliphatic heterocycles. The molecular formula is C16H26N2O2S. The van der Waals surface area contributed by atoms with Crippen molar-refractivity contribution < 1.29 is 8.42 Å². The van der Waals surface area contributed by atoms with E-state index in [-0.39, 0.29) is 5.75 Å². The highest BCUT2D eigenvalue weighted by molar-refractivity contribution is 7.88. The van der Waals surface area contributed by atoms with E-state index in [4.69, 9.17) is 5.73 Å². The van der Waals surface area contributed by atoms with E-state index in [1.807, 2.05) is 24.3 Å². The molecule has 118 valence electrons. The fourth-order valence-corrected chi connectivity index (χ4v) is 4.16. The quantitative estimate of drug-likeness (QED) is 0.813. The first-order valence-corrected chi connectivity index (χ1v) is 9.49. The molecule has 1 saturated carbocycles. The molecule has 0 atom stereocenters. The molecule has 0 amide bonds. The van der Waals surface area contributed by atoms with Crippen LogP contribution in [0.2, 0.25) is 0 Å². The first-order chi connectivity index (χ1) is 10.1. The standard InChI is InChI=1S/C16H26N2O2S/c17-12-15-7-4-8-16(11-15)13-21(19,20)18-10-9-14-5-2-1-3-6-14/h4,7-8,11,14,18H,1-3,5-6,9-10,12-13,17H2. The fourth-order valence-electron chi connectivity index (χ4n) is 3.01. The van der Waals surface area contributed by atoms with Gasteiger partial charge in [0.15, 0.2) is 0 Å². The summed E-state index contributed by atoms with van der Waals surface area (Å²) in [7, 11) is -3.25. The highest BCUT2D eigenvalue weighted by Crippen LogP contribution is 2.25. The Kier molecular flexibility index (Phi) is 6.21. The molecule has 3 N–H and O–H groups in total. The lowest BCUT2D eigenvalue weighted by Gasteiger charge is -2.21. The van der Waals surface area contributed by atoms with Crippen molar-refractivity contribution in [3.8, 4) is 0 Å². The second-order valence-corrected chi connectivity index (χ2v) is 7.78. The Morgan fingerprint density at radius 2 is 1.86 bits per heavy atom. The Morgan fingerprint density at radius 3 is 2.57 bits per heavy atom. The van der Waals surface area contributed by atoms with Crippen LogP contribution in [0.1, 0.15) is 49.7 Å². The lowest BCUT2D eigenvalue weighted by molar-refractivity contribution is 0.339. The van der Waals surface area contributed by atoms with Crippen LogP contribution in [0.4, 0.5) is 0 Å². The Bertz CT molecular complexity index is 537. The average Bonchev–Trinajstić information content (AvgIpc) is 2.48. The minimum atomic E-state index is -3.25. The summed E-state index contributed by atoms with van der Waals surface area (Å²) >= 11 is 0. The molecular weight excluding hydrogens is 284 g/mol. The lowest BCUT2D eigenvalue weighted by atomic mass is 9.87. The first-order valence-electron chi connectivity index (χ1n) is 7.84. The van der Waals surface area contributed by atoms with Gasteiger partial charge in [-0.2, -0.15) is 0 Å². The van der Waals surface area contributed by atoms with Crippen LogP contribution in [0.5, 0.6) is 0 Å². The molecule has 5 heteroatoms. The summed E-state index contributed by atoms with van der Waals surface area (Å²) in [5.41, 5.74) is 7.34. The molecule has 2 rings (SSSR count). The summed E-state index contributed by atoms with van der Waals surface area (Å²) in [4.78, 5) is 0. The van der Waals surface area contributed by atoms with Crippen molar-refractivity contribution in [2.75, 3.05) is 6.54 Å². The van der Waals surface area contributed by atoms with Crippen LogP contribution >= 0.6 is 0 Å². The molecule has 0 heterocycles. The molecule has 4 nitrogen and oxygen atoms in total. The van der Waals surface area contributed by atoms with E-state index in [9.17, 15) is 8.42 Å². The number of sulfonamides is 1. The third-order valence-corrected chi connectivity index (χ3v) is 5.54. The molecule has 1 aromatic carbocycles. The highest BCUT2D eigenvalue weighted by Gasteiger charge is 2.15. The number of benzene rings is 1. The smallest absolute Gasteiger partial charge is 0.215 e. The summed E-state index contributed by atoms with van der Waals surface area (Å²) in [6.07, 6.45) is 7.38. The molecule has 0 aromatic heterocycles. The van der Waals surface area contributed by atoms with E-state index in [2.05, 4.69) is 4.72 Å². The molecule has 0 saturated heterocycles. The molecule has 1 fully saturated rings. The van der Waals surface area contributed by atoms with Crippen molar-refractivity contribution in [1.29, 1.82) is 0 Å². The van der Waals surface area contributed by atoms with Crippen LogP contribution in [0, 0.1) is 5.92 Å². The number of rotatable bonds is 7. The third-order valence-electron chi connectivity index (χ3n) is 4.18. The van der Waals surface area contributed by atoms with E-state index in [1.165, 1.54) is 32.1 Å². The van der Waals surface area contributed by atoms with Crippen LogP contribution in [0.25, 0.3) is 0 Å². The summed E-state index contributed by atoms with van der Waals surface area (Å²) in [6, 6.07) is 7.46. The van der Waals surface area contributed by atoms with E-state index in [0.717, 1.165) is 17.5 Å². The van der Waals surface area contributed by atoms with Crippen LogP contribution in [0.3, 0.4) is 0 Å². The van der Waals surface area contributed by atoms with Gasteiger partial charge in [0, 0.05) is 13.1 Å². The Morgan fingerprint density at radius 1 is 1.14 bits per heavy atom. The van der Waals surface area contributed by atoms with Crippen molar-refractivity contribution in [1.82, 2.24) is 4.72 Å². The topological polar surface area (TPSA) is 72.2 Å². The second kappa shape index (κ2) is 7.92. The normalized spacial score (nSPS) is 17.0. The summed E-state index contributed by atoms with van der Waals surface area (Å²) < 4.78 is 26.9. The highest BCUT2D eigenvalue weighted by atomic mass is 32.2. The second-order valence-electron chi connectivity index (χ2n) is 5.97. The van der Waals surface area contributed by atoms with Crippen LogP contribution in [-0.4, -0.2) is 15.0 Å². The molecule has 1 aromatic rings. The van der Waals surface area contributed by atoms with E-state index in [0.29, 0.717) is 19.0 Å². The molecule has 0 unspecified atom stereocenters. The van der Waals surface area contributed by atoms with Gasteiger partial charge in [-0.25, -0.2) is 13.1 Å². The lowest BCUT2D eigenvalue weighted by Crippen LogP contribution is -2.27. The zero-order valence-corrected chi connectivity index (χ0v) is 13.4. The van der Waals surface area contributed by atoms with Crippen molar-refractivity contribution in [2.45, 2.75) is 50.8 Å². The SMILES string of the molecule is NCc1cccc(CS(=O)(=O)NCCC2CCCCC2)c1. The number of hydrogen-bond acceptors (Lipinski definition) is 3. The first kappa shape index (κ1) is 16.5. The maximum Gasteiger partial charge on any atom is 0.215 e. The molecule has 1 aliphatic rings. The van der Waals surface area contributed by atoms with Gasteiger partial charge in [0.2, 0.25) is 10.0 Å². The number of nitrogens with one attached hydrogen (secondary N) is 1. The van der Waals surface area contributed by atoms with Crippen LogP contribution in [-0.2, 0) is 22.3 Å². The monoisotopic (exact) mass is 310 g/mol. The van der Waals surface area contributed by atoms with Crippen LogP contribution in [0.15, 0.2) is 24.3 Å². The van der Waals surface area contributed by atoms with Gasteiger partial charge in [-0.3, -0.25) is 0 Å². The molecule has 0 bridgehead atoms. The predicted molar refractivity (Wildman–Crippen MR) is 86.2 cm³/mol. The predicted octanol–water partition coefficient (Wildman–Crippen LogP) is 2.54. The molecule has 0 radical (unpaired) electrons. The number of hydrogen-bond donors (Lipinski definition) is 2. The molecule has 1 aliphatic carbocycles. The van der Waals surface area contributed by atoms with Gasteiger partial charge in [-0.05, 0) is 23.5 Å². The summed E-state index contributed by atoms with van der Waals surface area (Å²) in [6.45, 7) is 0.993. The van der Waals surface area contributed by atoms with E-state index < -0.39 is 10.0 Å². The van der Waals surface area contributed by atoms with Gasteiger partial charge in [0.1, 0.15) is 0 Å².